The molecule has 0 amide bonds. The first-order chi connectivity index (χ1) is 14.6. The maximum absolute atomic E-state index is 13.2. The number of para-hydroxylation sites is 1. The van der Waals surface area contributed by atoms with Gasteiger partial charge >= 0.3 is 0 Å². The van der Waals surface area contributed by atoms with Crippen molar-refractivity contribution >= 4 is 32.8 Å². The van der Waals surface area contributed by atoms with Crippen LogP contribution in [0.1, 0.15) is 0 Å². The van der Waals surface area contributed by atoms with Gasteiger partial charge in [0.1, 0.15) is 5.76 Å². The van der Waals surface area contributed by atoms with E-state index >= 15 is 0 Å². The van der Waals surface area contributed by atoms with Crippen molar-refractivity contribution in [3.8, 4) is 22.8 Å². The maximum Gasteiger partial charge on any atom is 0.201 e. The quantitative estimate of drug-likeness (QED) is 0.358. The molecule has 0 unspecified atom stereocenters. The van der Waals surface area contributed by atoms with Gasteiger partial charge in [-0.2, -0.15) is 0 Å². The van der Waals surface area contributed by atoms with E-state index in [-0.39, 0.29) is 16.4 Å². The van der Waals surface area contributed by atoms with Crippen molar-refractivity contribution in [2.24, 2.45) is 0 Å². The highest BCUT2D eigenvalue weighted by molar-refractivity contribution is 6.06. The van der Waals surface area contributed by atoms with Crippen molar-refractivity contribution < 1.29 is 13.9 Å². The number of benzene rings is 3. The van der Waals surface area contributed by atoms with Crippen molar-refractivity contribution in [1.82, 2.24) is 4.98 Å². The van der Waals surface area contributed by atoms with Crippen LogP contribution in [0.3, 0.4) is 0 Å². The highest BCUT2D eigenvalue weighted by atomic mass is 16.5. The monoisotopic (exact) mass is 399 g/mol. The molecule has 0 saturated carbocycles. The summed E-state index contributed by atoms with van der Waals surface area (Å²) in [7, 11) is 3.09. The van der Waals surface area contributed by atoms with E-state index < -0.39 is 0 Å². The molecular formula is C24H17NO5. The number of methoxy groups -OCH3 is 2. The van der Waals surface area contributed by atoms with Crippen molar-refractivity contribution in [2.45, 2.75) is 0 Å². The van der Waals surface area contributed by atoms with Gasteiger partial charge in [-0.25, -0.2) is 0 Å². The average molecular weight is 399 g/mol. The Balaban J connectivity index is 1.86. The van der Waals surface area contributed by atoms with E-state index in [1.54, 1.807) is 49.6 Å². The second kappa shape index (κ2) is 6.77. The third-order valence-corrected chi connectivity index (χ3v) is 5.23. The summed E-state index contributed by atoms with van der Waals surface area (Å²) in [5.74, 6) is 1.42. The fourth-order valence-electron chi connectivity index (χ4n) is 3.75. The van der Waals surface area contributed by atoms with E-state index in [0.29, 0.717) is 44.5 Å². The molecule has 6 heteroatoms. The highest BCUT2D eigenvalue weighted by Gasteiger charge is 2.15. The number of aromatic amines is 1. The molecule has 0 spiro atoms. The van der Waals surface area contributed by atoms with Gasteiger partial charge in [-0.3, -0.25) is 9.59 Å². The Labute approximate surface area is 170 Å². The van der Waals surface area contributed by atoms with Crippen molar-refractivity contribution in [3.05, 3.63) is 81.1 Å². The fourth-order valence-corrected chi connectivity index (χ4v) is 3.75. The SMILES string of the molecule is COc1ccc(-c2cc(=O)c3ccc4[nH]c5ccccc5c(=O)c4c3o2)cc1OC. The standard InChI is InChI=1S/C24H17NO5/c1-28-19-10-7-13(11-21(19)29-2)20-12-18(26)15-8-9-17-22(24(15)30-20)23(27)14-5-3-4-6-16(14)25-17/h3-12H,1-2H3,(H,25,27). The zero-order valence-electron chi connectivity index (χ0n) is 16.3. The lowest BCUT2D eigenvalue weighted by Gasteiger charge is -2.10. The average Bonchev–Trinajstić information content (AvgIpc) is 2.78. The normalized spacial score (nSPS) is 11.3. The van der Waals surface area contributed by atoms with Gasteiger partial charge in [0.2, 0.25) is 5.43 Å². The van der Waals surface area contributed by atoms with Crippen molar-refractivity contribution in [2.75, 3.05) is 14.2 Å². The minimum Gasteiger partial charge on any atom is -0.493 e. The first kappa shape index (κ1) is 18.0. The number of ether oxygens (including phenoxy) is 2. The lowest BCUT2D eigenvalue weighted by molar-refractivity contribution is 0.355. The number of aromatic nitrogens is 1. The van der Waals surface area contributed by atoms with Gasteiger partial charge in [-0.05, 0) is 42.5 Å². The van der Waals surface area contributed by atoms with E-state index in [1.165, 1.54) is 13.2 Å². The lowest BCUT2D eigenvalue weighted by Crippen LogP contribution is -2.08. The number of rotatable bonds is 3. The number of nitrogens with one attached hydrogen (secondary N) is 1. The second-order valence-corrected chi connectivity index (χ2v) is 6.91. The van der Waals surface area contributed by atoms with E-state index in [4.69, 9.17) is 13.9 Å². The number of hydrogen-bond donors (Lipinski definition) is 1. The molecule has 0 aliphatic heterocycles. The second-order valence-electron chi connectivity index (χ2n) is 6.91. The van der Waals surface area contributed by atoms with Crippen LogP contribution in [0.5, 0.6) is 11.5 Å². The van der Waals surface area contributed by atoms with Crippen LogP contribution in [-0.4, -0.2) is 19.2 Å². The van der Waals surface area contributed by atoms with Gasteiger partial charge in [0, 0.05) is 22.5 Å². The van der Waals surface area contributed by atoms with Crippen LogP contribution in [0.2, 0.25) is 0 Å². The molecule has 30 heavy (non-hydrogen) atoms. The van der Waals surface area contributed by atoms with Gasteiger partial charge in [-0.1, -0.05) is 12.1 Å². The lowest BCUT2D eigenvalue weighted by atomic mass is 10.1. The van der Waals surface area contributed by atoms with E-state index in [0.717, 1.165) is 5.52 Å². The molecule has 0 aliphatic carbocycles. The van der Waals surface area contributed by atoms with E-state index in [1.807, 2.05) is 12.1 Å². The molecule has 0 bridgehead atoms. The molecule has 0 fully saturated rings. The van der Waals surface area contributed by atoms with E-state index in [2.05, 4.69) is 4.98 Å². The fraction of sp³-hybridized carbons (Fsp3) is 0.0833. The third kappa shape index (κ3) is 2.65. The number of hydrogen-bond acceptors (Lipinski definition) is 5. The molecule has 0 radical (unpaired) electrons. The minimum atomic E-state index is -0.226. The predicted octanol–water partition coefficient (Wildman–Crippen LogP) is 4.47. The van der Waals surface area contributed by atoms with Gasteiger partial charge in [0.25, 0.3) is 0 Å². The van der Waals surface area contributed by atoms with Crippen molar-refractivity contribution in [3.63, 3.8) is 0 Å². The Morgan fingerprint density at radius 1 is 0.800 bits per heavy atom. The van der Waals surface area contributed by atoms with Gasteiger partial charge in [-0.15, -0.1) is 0 Å². The number of H-pyrrole nitrogens is 1. The first-order valence-corrected chi connectivity index (χ1v) is 9.34. The third-order valence-electron chi connectivity index (χ3n) is 5.23. The van der Waals surface area contributed by atoms with Gasteiger partial charge in [0.15, 0.2) is 22.5 Å². The summed E-state index contributed by atoms with van der Waals surface area (Å²) in [5.41, 5.74) is 1.83. The minimum absolute atomic E-state index is 0.183. The van der Waals surface area contributed by atoms with Crippen LogP contribution in [0.15, 0.2) is 74.7 Å². The zero-order valence-corrected chi connectivity index (χ0v) is 16.3. The molecule has 6 nitrogen and oxygen atoms in total. The molecule has 1 N–H and O–H groups in total. The summed E-state index contributed by atoms with van der Waals surface area (Å²) >= 11 is 0. The summed E-state index contributed by atoms with van der Waals surface area (Å²) in [4.78, 5) is 29.3. The molecule has 3 aromatic carbocycles. The first-order valence-electron chi connectivity index (χ1n) is 9.34. The topological polar surface area (TPSA) is 81.5 Å². The van der Waals surface area contributed by atoms with Crippen LogP contribution >= 0.6 is 0 Å². The van der Waals surface area contributed by atoms with Crippen molar-refractivity contribution in [1.29, 1.82) is 0 Å². The van der Waals surface area contributed by atoms with Crippen LogP contribution in [0, 0.1) is 0 Å². The smallest absolute Gasteiger partial charge is 0.201 e. The van der Waals surface area contributed by atoms with Gasteiger partial charge < -0.3 is 18.9 Å². The molecule has 5 aromatic rings. The molecule has 2 aromatic heterocycles. The highest BCUT2D eigenvalue weighted by Crippen LogP contribution is 2.33. The molecule has 0 saturated heterocycles. The largest absolute Gasteiger partial charge is 0.493 e. The Morgan fingerprint density at radius 3 is 2.40 bits per heavy atom. The Kier molecular flexibility index (Phi) is 4.06. The zero-order chi connectivity index (χ0) is 20.8. The Bertz CT molecular complexity index is 1560. The maximum atomic E-state index is 13.2. The summed E-state index contributed by atoms with van der Waals surface area (Å²) in [6.07, 6.45) is 0. The molecule has 5 rings (SSSR count). The summed E-state index contributed by atoms with van der Waals surface area (Å²) in [5, 5.41) is 1.25. The Hall–Kier alpha value is -4.06. The van der Waals surface area contributed by atoms with E-state index in [9.17, 15) is 9.59 Å². The van der Waals surface area contributed by atoms with Crippen LogP contribution in [0.4, 0.5) is 0 Å². The van der Waals surface area contributed by atoms with Crippen LogP contribution in [-0.2, 0) is 0 Å². The predicted molar refractivity (Wildman–Crippen MR) is 117 cm³/mol. The number of pyridine rings is 1. The summed E-state index contributed by atoms with van der Waals surface area (Å²) < 4.78 is 16.8. The molecule has 2 heterocycles. The molecule has 0 atom stereocenters. The van der Waals surface area contributed by atoms with Crippen LogP contribution in [0.25, 0.3) is 44.1 Å². The number of fused-ring (bicyclic) bond motifs is 4. The molecular weight excluding hydrogens is 382 g/mol. The van der Waals surface area contributed by atoms with Gasteiger partial charge in [0.05, 0.1) is 30.5 Å². The molecule has 0 aliphatic rings. The summed E-state index contributed by atoms with van der Waals surface area (Å²) in [6.45, 7) is 0. The summed E-state index contributed by atoms with van der Waals surface area (Å²) in [6, 6.07) is 17.3. The Morgan fingerprint density at radius 2 is 1.60 bits per heavy atom. The van der Waals surface area contributed by atoms with Crippen LogP contribution < -0.4 is 20.3 Å². The molecule has 148 valence electrons.